The van der Waals surface area contributed by atoms with E-state index in [2.05, 4.69) is 41.1 Å². The van der Waals surface area contributed by atoms with Crippen molar-refractivity contribution < 1.29 is 9.21 Å². The summed E-state index contributed by atoms with van der Waals surface area (Å²) in [5.41, 5.74) is 0.725. The number of nitrogens with zero attached hydrogens (tertiary/aromatic N) is 4. The third-order valence-corrected chi connectivity index (χ3v) is 4.49. The molecule has 1 N–H and O–H groups in total. The molecule has 1 aliphatic heterocycles. The molecule has 0 aromatic carbocycles. The number of likely N-dealkylation sites (tertiary alicyclic amines) is 1. The van der Waals surface area contributed by atoms with Crippen LogP contribution in [0.3, 0.4) is 0 Å². The lowest BCUT2D eigenvalue weighted by molar-refractivity contribution is -0.117. The van der Waals surface area contributed by atoms with Gasteiger partial charge in [-0.15, -0.1) is 0 Å². The van der Waals surface area contributed by atoms with E-state index in [1.165, 1.54) is 0 Å². The van der Waals surface area contributed by atoms with Gasteiger partial charge in [-0.05, 0) is 53.6 Å². The molecule has 2 aromatic rings. The van der Waals surface area contributed by atoms with E-state index in [-0.39, 0.29) is 11.4 Å². The second kappa shape index (κ2) is 7.00. The molecule has 1 amide bonds. The summed E-state index contributed by atoms with van der Waals surface area (Å²) in [6.07, 6.45) is 5.24. The van der Waals surface area contributed by atoms with Crippen molar-refractivity contribution in [2.75, 3.05) is 25.0 Å². The zero-order valence-corrected chi connectivity index (χ0v) is 15.5. The average molecular weight is 345 g/mol. The Labute approximate surface area is 148 Å². The van der Waals surface area contributed by atoms with E-state index < -0.39 is 0 Å². The number of rotatable bonds is 4. The fourth-order valence-corrected chi connectivity index (χ4v) is 3.26. The summed E-state index contributed by atoms with van der Waals surface area (Å²) < 4.78 is 7.27. The predicted molar refractivity (Wildman–Crippen MR) is 95.5 cm³/mol. The molecule has 0 radical (unpaired) electrons. The average Bonchev–Trinajstić information content (AvgIpc) is 3.17. The molecule has 0 atom stereocenters. The summed E-state index contributed by atoms with van der Waals surface area (Å²) in [6.45, 7) is 10.3. The normalized spacial score (nSPS) is 17.0. The topological polar surface area (TPSA) is 76.2 Å². The standard InChI is InChI=1S/C18H27N5O2/c1-13-11-15(23(21-13)18(2,3)4)20-16(24)12-22-8-5-14(6-9-22)17-19-7-10-25-17/h7,10-11,14H,5-6,8-9,12H2,1-4H3,(H,20,24). The molecular weight excluding hydrogens is 318 g/mol. The van der Waals surface area contributed by atoms with Crippen LogP contribution in [0.25, 0.3) is 0 Å². The highest BCUT2D eigenvalue weighted by Gasteiger charge is 2.25. The molecule has 0 aliphatic carbocycles. The van der Waals surface area contributed by atoms with Crippen molar-refractivity contribution in [3.63, 3.8) is 0 Å². The van der Waals surface area contributed by atoms with Crippen LogP contribution in [0, 0.1) is 6.92 Å². The number of hydrogen-bond donors (Lipinski definition) is 1. The van der Waals surface area contributed by atoms with Crippen LogP contribution in [0.4, 0.5) is 5.82 Å². The van der Waals surface area contributed by atoms with Gasteiger partial charge in [0.2, 0.25) is 5.91 Å². The van der Waals surface area contributed by atoms with Crippen molar-refractivity contribution >= 4 is 11.7 Å². The van der Waals surface area contributed by atoms with Crippen molar-refractivity contribution in [1.29, 1.82) is 0 Å². The quantitative estimate of drug-likeness (QED) is 0.922. The molecule has 3 rings (SSSR count). The van der Waals surface area contributed by atoms with Crippen LogP contribution in [-0.2, 0) is 10.3 Å². The molecule has 3 heterocycles. The smallest absolute Gasteiger partial charge is 0.239 e. The van der Waals surface area contributed by atoms with Crippen LogP contribution < -0.4 is 5.32 Å². The number of carbonyl (C=O) groups is 1. The fraction of sp³-hybridized carbons (Fsp3) is 0.611. The van der Waals surface area contributed by atoms with Crippen LogP contribution in [0.2, 0.25) is 0 Å². The van der Waals surface area contributed by atoms with Crippen LogP contribution in [0.1, 0.15) is 51.1 Å². The zero-order valence-electron chi connectivity index (χ0n) is 15.5. The molecule has 0 bridgehead atoms. The monoisotopic (exact) mass is 345 g/mol. The van der Waals surface area contributed by atoms with E-state index >= 15 is 0 Å². The van der Waals surface area contributed by atoms with Gasteiger partial charge >= 0.3 is 0 Å². The largest absolute Gasteiger partial charge is 0.449 e. The summed E-state index contributed by atoms with van der Waals surface area (Å²) in [4.78, 5) is 18.9. The zero-order chi connectivity index (χ0) is 18.0. The van der Waals surface area contributed by atoms with Crippen molar-refractivity contribution in [2.24, 2.45) is 0 Å². The minimum Gasteiger partial charge on any atom is -0.449 e. The van der Waals surface area contributed by atoms with Gasteiger partial charge in [0.05, 0.1) is 24.0 Å². The number of amides is 1. The molecule has 0 saturated carbocycles. The number of carbonyl (C=O) groups excluding carboxylic acids is 1. The van der Waals surface area contributed by atoms with Gasteiger partial charge in [0, 0.05) is 12.0 Å². The number of oxazole rings is 1. The molecule has 1 aliphatic rings. The highest BCUT2D eigenvalue weighted by atomic mass is 16.3. The second-order valence-corrected chi connectivity index (χ2v) is 7.72. The van der Waals surface area contributed by atoms with Crippen molar-refractivity contribution in [3.8, 4) is 0 Å². The molecule has 2 aromatic heterocycles. The van der Waals surface area contributed by atoms with Crippen molar-refractivity contribution in [2.45, 2.75) is 52.0 Å². The Morgan fingerprint density at radius 2 is 2.08 bits per heavy atom. The number of aryl methyl sites for hydroxylation is 1. The molecule has 1 fully saturated rings. The summed E-state index contributed by atoms with van der Waals surface area (Å²) in [7, 11) is 0. The number of aromatic nitrogens is 3. The molecule has 136 valence electrons. The minimum atomic E-state index is -0.175. The second-order valence-electron chi connectivity index (χ2n) is 7.72. The lowest BCUT2D eigenvalue weighted by Crippen LogP contribution is -2.39. The van der Waals surface area contributed by atoms with E-state index in [1.54, 1.807) is 12.5 Å². The summed E-state index contributed by atoms with van der Waals surface area (Å²) in [5.74, 6) is 1.93. The number of nitrogens with one attached hydrogen (secondary N) is 1. The summed E-state index contributed by atoms with van der Waals surface area (Å²) in [5, 5.41) is 7.50. The Bertz CT molecular complexity index is 706. The predicted octanol–water partition coefficient (Wildman–Crippen LogP) is 2.75. The Morgan fingerprint density at radius 1 is 1.36 bits per heavy atom. The highest BCUT2D eigenvalue weighted by Crippen LogP contribution is 2.26. The third kappa shape index (κ3) is 4.28. The van der Waals surface area contributed by atoms with E-state index in [9.17, 15) is 4.79 Å². The number of hydrogen-bond acceptors (Lipinski definition) is 5. The number of piperidine rings is 1. The lowest BCUT2D eigenvalue weighted by Gasteiger charge is -2.30. The maximum atomic E-state index is 12.5. The first-order valence-electron chi connectivity index (χ1n) is 8.81. The maximum Gasteiger partial charge on any atom is 0.239 e. The summed E-state index contributed by atoms with van der Waals surface area (Å²) in [6, 6.07) is 1.91. The maximum absolute atomic E-state index is 12.5. The Morgan fingerprint density at radius 3 is 2.68 bits per heavy atom. The van der Waals surface area contributed by atoms with Gasteiger partial charge in [0.25, 0.3) is 0 Å². The van der Waals surface area contributed by atoms with Gasteiger partial charge in [-0.2, -0.15) is 5.10 Å². The highest BCUT2D eigenvalue weighted by molar-refractivity contribution is 5.91. The SMILES string of the molecule is Cc1cc(NC(=O)CN2CCC(c3ncco3)CC2)n(C(C)(C)C)n1. The van der Waals surface area contributed by atoms with Crippen LogP contribution >= 0.6 is 0 Å². The Kier molecular flexibility index (Phi) is 4.94. The minimum absolute atomic E-state index is 0.0000244. The summed E-state index contributed by atoms with van der Waals surface area (Å²) >= 11 is 0. The lowest BCUT2D eigenvalue weighted by atomic mass is 9.97. The fourth-order valence-electron chi connectivity index (χ4n) is 3.26. The number of anilines is 1. The van der Waals surface area contributed by atoms with Gasteiger partial charge in [0.1, 0.15) is 12.1 Å². The van der Waals surface area contributed by atoms with Gasteiger partial charge in [-0.25, -0.2) is 9.67 Å². The van der Waals surface area contributed by atoms with E-state index in [0.29, 0.717) is 12.5 Å². The first-order valence-corrected chi connectivity index (χ1v) is 8.81. The molecule has 0 spiro atoms. The molecule has 0 unspecified atom stereocenters. The van der Waals surface area contributed by atoms with Crippen LogP contribution in [-0.4, -0.2) is 45.2 Å². The third-order valence-electron chi connectivity index (χ3n) is 4.49. The van der Waals surface area contributed by atoms with E-state index in [4.69, 9.17) is 4.42 Å². The van der Waals surface area contributed by atoms with Gasteiger partial charge in [0.15, 0.2) is 5.89 Å². The van der Waals surface area contributed by atoms with E-state index in [1.807, 2.05) is 17.7 Å². The molecule has 25 heavy (non-hydrogen) atoms. The van der Waals surface area contributed by atoms with Crippen LogP contribution in [0.15, 0.2) is 22.9 Å². The first kappa shape index (κ1) is 17.7. The Balaban J connectivity index is 1.54. The van der Waals surface area contributed by atoms with Crippen molar-refractivity contribution in [3.05, 3.63) is 30.1 Å². The van der Waals surface area contributed by atoms with Gasteiger partial charge in [-0.3, -0.25) is 9.69 Å². The van der Waals surface area contributed by atoms with E-state index in [0.717, 1.165) is 43.3 Å². The molecule has 1 saturated heterocycles. The van der Waals surface area contributed by atoms with Crippen LogP contribution in [0.5, 0.6) is 0 Å². The van der Waals surface area contributed by atoms with Crippen molar-refractivity contribution in [1.82, 2.24) is 19.7 Å². The molecule has 7 heteroatoms. The first-order chi connectivity index (χ1) is 11.8. The Hall–Kier alpha value is -2.15. The molecule has 7 nitrogen and oxygen atoms in total. The van der Waals surface area contributed by atoms with Gasteiger partial charge < -0.3 is 9.73 Å². The molecular formula is C18H27N5O2. The van der Waals surface area contributed by atoms with Gasteiger partial charge in [-0.1, -0.05) is 0 Å².